The number of hydrogen-bond donors (Lipinski definition) is 1. The lowest BCUT2D eigenvalue weighted by Crippen LogP contribution is -2.30. The number of aromatic nitrogens is 3. The molecule has 3 rings (SSSR count). The quantitative estimate of drug-likeness (QED) is 0.491. The zero-order valence-corrected chi connectivity index (χ0v) is 20.1. The lowest BCUT2D eigenvalue weighted by molar-refractivity contribution is -0.115. The fraction of sp³-hybridized carbons (Fsp3) is 0.350. The van der Waals surface area contributed by atoms with Gasteiger partial charge in [-0.05, 0) is 43.7 Å². The van der Waals surface area contributed by atoms with E-state index in [1.165, 1.54) is 28.3 Å². The summed E-state index contributed by atoms with van der Waals surface area (Å²) in [7, 11) is -3.63. The molecule has 3 aromatic rings. The summed E-state index contributed by atoms with van der Waals surface area (Å²) in [5, 5.41) is 11.5. The van der Waals surface area contributed by atoms with Crippen molar-refractivity contribution in [2.24, 2.45) is 0 Å². The molecule has 8 nitrogen and oxygen atoms in total. The number of fused-ring (bicyclic) bond motifs is 1. The maximum atomic E-state index is 12.9. The second-order valence-electron chi connectivity index (χ2n) is 6.87. The van der Waals surface area contributed by atoms with Crippen LogP contribution in [-0.4, -0.2) is 51.6 Å². The Balaban J connectivity index is 1.84. The Kier molecular flexibility index (Phi) is 7.25. The number of halogens is 1. The van der Waals surface area contributed by atoms with Crippen molar-refractivity contribution in [2.75, 3.05) is 18.4 Å². The minimum atomic E-state index is -3.63. The Bertz CT molecular complexity index is 1210. The summed E-state index contributed by atoms with van der Waals surface area (Å²) in [5.41, 5.74) is 2.04. The van der Waals surface area contributed by atoms with Crippen molar-refractivity contribution >= 4 is 50.6 Å². The number of nitrogens with zero attached hydrogens (tertiary/aromatic N) is 4. The van der Waals surface area contributed by atoms with Gasteiger partial charge in [0.15, 0.2) is 10.8 Å². The van der Waals surface area contributed by atoms with Crippen LogP contribution in [-0.2, 0) is 14.8 Å². The van der Waals surface area contributed by atoms with Gasteiger partial charge in [0.2, 0.25) is 15.9 Å². The smallest absolute Gasteiger partial charge is 0.244 e. The lowest BCUT2D eigenvalue weighted by Gasteiger charge is -2.18. The van der Waals surface area contributed by atoms with Crippen LogP contribution in [0.5, 0.6) is 0 Å². The van der Waals surface area contributed by atoms with Gasteiger partial charge in [-0.3, -0.25) is 9.20 Å². The number of aryl methyl sites for hydroxylation is 1. The average Bonchev–Trinajstić information content (AvgIpc) is 3.13. The van der Waals surface area contributed by atoms with E-state index in [2.05, 4.69) is 15.5 Å². The molecule has 1 aromatic carbocycles. The molecule has 166 valence electrons. The van der Waals surface area contributed by atoms with E-state index in [1.54, 1.807) is 43.4 Å². The summed E-state index contributed by atoms with van der Waals surface area (Å²) in [5.74, 6) is -0.223. The maximum absolute atomic E-state index is 12.9. The Morgan fingerprint density at radius 2 is 1.94 bits per heavy atom. The summed E-state index contributed by atoms with van der Waals surface area (Å²) in [6.45, 7) is 7.97. The van der Waals surface area contributed by atoms with E-state index < -0.39 is 15.3 Å². The minimum Gasteiger partial charge on any atom is -0.325 e. The highest BCUT2D eigenvalue weighted by molar-refractivity contribution is 8.00. The highest BCUT2D eigenvalue weighted by Crippen LogP contribution is 2.26. The summed E-state index contributed by atoms with van der Waals surface area (Å²) in [6.07, 6.45) is 1.50. The van der Waals surface area contributed by atoms with Crippen molar-refractivity contribution in [3.05, 3.63) is 47.1 Å². The van der Waals surface area contributed by atoms with Crippen LogP contribution in [0.2, 0.25) is 5.02 Å². The summed E-state index contributed by atoms with van der Waals surface area (Å²) >= 11 is 7.22. The van der Waals surface area contributed by atoms with E-state index in [0.29, 0.717) is 34.6 Å². The molecule has 0 bridgehead atoms. The zero-order valence-electron chi connectivity index (χ0n) is 17.7. The average molecular weight is 482 g/mol. The van der Waals surface area contributed by atoms with E-state index >= 15 is 0 Å². The van der Waals surface area contributed by atoms with Crippen LogP contribution in [0.25, 0.3) is 5.65 Å². The van der Waals surface area contributed by atoms with Crippen LogP contribution in [0.15, 0.2) is 46.6 Å². The van der Waals surface area contributed by atoms with E-state index in [-0.39, 0.29) is 10.8 Å². The molecule has 0 aliphatic carbocycles. The molecule has 11 heteroatoms. The fourth-order valence-corrected chi connectivity index (χ4v) is 5.43. The highest BCUT2D eigenvalue weighted by atomic mass is 35.5. The predicted molar refractivity (Wildman–Crippen MR) is 123 cm³/mol. The van der Waals surface area contributed by atoms with E-state index in [1.807, 2.05) is 13.0 Å². The van der Waals surface area contributed by atoms with Crippen LogP contribution in [0.3, 0.4) is 0 Å². The number of nitrogens with one attached hydrogen (secondary N) is 1. The van der Waals surface area contributed by atoms with Crippen molar-refractivity contribution < 1.29 is 13.2 Å². The third-order valence-corrected chi connectivity index (χ3v) is 8.12. The first-order chi connectivity index (χ1) is 14.7. The first-order valence-electron chi connectivity index (χ1n) is 9.76. The summed E-state index contributed by atoms with van der Waals surface area (Å²) in [4.78, 5) is 12.8. The van der Waals surface area contributed by atoms with Crippen molar-refractivity contribution in [1.29, 1.82) is 0 Å². The molecule has 2 heterocycles. The molecular formula is C20H24ClN5O3S2. The van der Waals surface area contributed by atoms with Gasteiger partial charge in [-0.15, -0.1) is 10.2 Å². The van der Waals surface area contributed by atoms with Crippen LogP contribution < -0.4 is 5.32 Å². The molecule has 0 spiro atoms. The van der Waals surface area contributed by atoms with E-state index in [0.717, 1.165) is 5.56 Å². The van der Waals surface area contributed by atoms with Gasteiger partial charge in [0.1, 0.15) is 0 Å². The number of benzene rings is 1. The number of hydrogen-bond acceptors (Lipinski definition) is 6. The molecule has 0 unspecified atom stereocenters. The van der Waals surface area contributed by atoms with Crippen LogP contribution in [0.4, 0.5) is 5.69 Å². The number of rotatable bonds is 8. The zero-order chi connectivity index (χ0) is 22.8. The molecular weight excluding hydrogens is 458 g/mol. The van der Waals surface area contributed by atoms with Gasteiger partial charge in [0.05, 0.1) is 10.1 Å². The highest BCUT2D eigenvalue weighted by Gasteiger charge is 2.24. The van der Waals surface area contributed by atoms with Crippen molar-refractivity contribution in [3.8, 4) is 0 Å². The number of amides is 1. The molecule has 31 heavy (non-hydrogen) atoms. The van der Waals surface area contributed by atoms with Gasteiger partial charge in [-0.1, -0.05) is 43.3 Å². The van der Waals surface area contributed by atoms with Crippen molar-refractivity contribution in [1.82, 2.24) is 18.9 Å². The number of carbonyl (C=O) groups is 1. The lowest BCUT2D eigenvalue weighted by atomic mass is 10.2. The molecule has 1 N–H and O–H groups in total. The fourth-order valence-electron chi connectivity index (χ4n) is 2.97. The Morgan fingerprint density at radius 1 is 1.23 bits per heavy atom. The number of carbonyl (C=O) groups excluding carboxylic acids is 1. The molecule has 0 saturated heterocycles. The predicted octanol–water partition coefficient (Wildman–Crippen LogP) is 3.84. The van der Waals surface area contributed by atoms with E-state index in [4.69, 9.17) is 11.6 Å². The topological polar surface area (TPSA) is 96.7 Å². The molecule has 1 amide bonds. The third-order valence-electron chi connectivity index (χ3n) is 4.80. The summed E-state index contributed by atoms with van der Waals surface area (Å²) < 4.78 is 28.7. The Hall–Kier alpha value is -2.14. The molecule has 0 aliphatic heterocycles. The SMILES string of the molecule is CCN(CC)S(=O)(=O)c1ccc2nnc(S[C@H](C)C(=O)Nc3cc(Cl)ccc3C)n2c1. The summed E-state index contributed by atoms with van der Waals surface area (Å²) in [6, 6.07) is 8.41. The molecule has 0 aliphatic rings. The van der Waals surface area contributed by atoms with Crippen molar-refractivity contribution in [3.63, 3.8) is 0 Å². The largest absolute Gasteiger partial charge is 0.325 e. The second-order valence-corrected chi connectivity index (χ2v) is 10.6. The number of thioether (sulfide) groups is 1. The number of pyridine rings is 1. The van der Waals surface area contributed by atoms with Gasteiger partial charge in [-0.2, -0.15) is 4.31 Å². The standard InChI is InChI=1S/C20H24ClN5O3S2/c1-5-25(6-2)31(28,29)16-9-10-18-23-24-20(26(18)12-16)30-14(4)19(27)22-17-11-15(21)8-7-13(17)3/h7-12,14H,5-6H2,1-4H3,(H,22,27)/t14-/m1/s1. The monoisotopic (exact) mass is 481 g/mol. The first-order valence-corrected chi connectivity index (χ1v) is 12.5. The van der Waals surface area contributed by atoms with Gasteiger partial charge >= 0.3 is 0 Å². The normalized spacial score (nSPS) is 13.0. The Morgan fingerprint density at radius 3 is 2.61 bits per heavy atom. The van der Waals surface area contributed by atoms with Crippen LogP contribution in [0.1, 0.15) is 26.3 Å². The number of sulfonamides is 1. The second kappa shape index (κ2) is 9.56. The Labute approximate surface area is 191 Å². The third kappa shape index (κ3) is 5.03. The minimum absolute atomic E-state index is 0.150. The van der Waals surface area contributed by atoms with Crippen LogP contribution in [0, 0.1) is 6.92 Å². The van der Waals surface area contributed by atoms with E-state index in [9.17, 15) is 13.2 Å². The van der Waals surface area contributed by atoms with Gasteiger partial charge in [0.25, 0.3) is 0 Å². The molecule has 0 fully saturated rings. The molecule has 0 saturated carbocycles. The van der Waals surface area contributed by atoms with Gasteiger partial charge in [-0.25, -0.2) is 8.42 Å². The maximum Gasteiger partial charge on any atom is 0.244 e. The van der Waals surface area contributed by atoms with Gasteiger partial charge < -0.3 is 5.32 Å². The molecule has 1 atom stereocenters. The number of anilines is 1. The van der Waals surface area contributed by atoms with Crippen molar-refractivity contribution in [2.45, 2.75) is 43.0 Å². The van der Waals surface area contributed by atoms with Crippen LogP contribution >= 0.6 is 23.4 Å². The molecule has 0 radical (unpaired) electrons. The first kappa shape index (κ1) is 23.5. The molecule has 2 aromatic heterocycles. The van der Waals surface area contributed by atoms with Gasteiger partial charge in [0, 0.05) is 30.0 Å².